The largest absolute Gasteiger partial charge is 0.478 e. The maximum Gasteiger partial charge on any atom is 0.328 e. The second-order valence-corrected chi connectivity index (χ2v) is 5.02. The first kappa shape index (κ1) is 15.5. The number of carboxylic acids is 1. The molecular weight excluding hydrogens is 273 g/mol. The predicted octanol–water partition coefficient (Wildman–Crippen LogP) is 2.93. The monoisotopic (exact) mass is 293 g/mol. The van der Waals surface area contributed by atoms with Gasteiger partial charge in [0.1, 0.15) is 5.82 Å². The molecule has 0 spiro atoms. The third-order valence-electron chi connectivity index (χ3n) is 3.57. The van der Waals surface area contributed by atoms with Gasteiger partial charge in [-0.05, 0) is 31.9 Å². The van der Waals surface area contributed by atoms with Crippen molar-refractivity contribution in [3.8, 4) is 0 Å². The second kappa shape index (κ2) is 7.22. The fraction of sp³-hybridized carbons (Fsp3) is 0.438. The maximum atomic E-state index is 14.2. The fourth-order valence-corrected chi connectivity index (χ4v) is 2.57. The molecule has 114 valence electrons. The standard InChI is InChI=1S/C16H20FNO3/c1-2-18(11-13-6-4-10-21-13)16-12(8-9-15(19)20)5-3-7-14(16)17/h3,5,7-9,13H,2,4,6,10-11H2,1H3,(H,19,20)/b9-8+. The molecule has 1 heterocycles. The highest BCUT2D eigenvalue weighted by Crippen LogP contribution is 2.27. The highest BCUT2D eigenvalue weighted by atomic mass is 19.1. The molecule has 4 nitrogen and oxygen atoms in total. The molecular formula is C16H20FNO3. The number of hydrogen-bond acceptors (Lipinski definition) is 3. The van der Waals surface area contributed by atoms with E-state index in [0.717, 1.165) is 25.5 Å². The van der Waals surface area contributed by atoms with Crippen molar-refractivity contribution >= 4 is 17.7 Å². The Kier molecular flexibility index (Phi) is 5.33. The Morgan fingerprint density at radius 2 is 2.38 bits per heavy atom. The van der Waals surface area contributed by atoms with Crippen LogP contribution in [-0.2, 0) is 9.53 Å². The Hall–Kier alpha value is -1.88. The van der Waals surface area contributed by atoms with Crippen LogP contribution >= 0.6 is 0 Å². The molecule has 1 aromatic carbocycles. The van der Waals surface area contributed by atoms with Gasteiger partial charge in [0.25, 0.3) is 0 Å². The molecule has 0 saturated carbocycles. The zero-order valence-electron chi connectivity index (χ0n) is 12.1. The van der Waals surface area contributed by atoms with Gasteiger partial charge < -0.3 is 14.7 Å². The van der Waals surface area contributed by atoms with Gasteiger partial charge in [-0.1, -0.05) is 12.1 Å². The molecule has 1 aromatic rings. The lowest BCUT2D eigenvalue weighted by atomic mass is 10.1. The van der Waals surface area contributed by atoms with E-state index in [0.29, 0.717) is 24.3 Å². The van der Waals surface area contributed by atoms with Crippen molar-refractivity contribution in [2.75, 3.05) is 24.6 Å². The van der Waals surface area contributed by atoms with Gasteiger partial charge >= 0.3 is 5.97 Å². The Morgan fingerprint density at radius 1 is 1.57 bits per heavy atom. The van der Waals surface area contributed by atoms with Gasteiger partial charge in [-0.25, -0.2) is 9.18 Å². The van der Waals surface area contributed by atoms with Crippen molar-refractivity contribution in [3.63, 3.8) is 0 Å². The highest BCUT2D eigenvalue weighted by Gasteiger charge is 2.21. The number of nitrogens with zero attached hydrogens (tertiary/aromatic N) is 1. The molecule has 5 heteroatoms. The van der Waals surface area contributed by atoms with E-state index < -0.39 is 5.97 Å². The number of hydrogen-bond donors (Lipinski definition) is 1. The minimum absolute atomic E-state index is 0.112. The molecule has 1 unspecified atom stereocenters. The van der Waals surface area contributed by atoms with Gasteiger partial charge in [0, 0.05) is 31.3 Å². The summed E-state index contributed by atoms with van der Waals surface area (Å²) in [4.78, 5) is 12.6. The second-order valence-electron chi connectivity index (χ2n) is 5.02. The highest BCUT2D eigenvalue weighted by molar-refractivity contribution is 5.87. The number of rotatable bonds is 6. The maximum absolute atomic E-state index is 14.2. The molecule has 1 atom stereocenters. The Balaban J connectivity index is 2.27. The van der Waals surface area contributed by atoms with Crippen LogP contribution in [0.5, 0.6) is 0 Å². The molecule has 0 aliphatic carbocycles. The molecule has 1 saturated heterocycles. The number of aliphatic carboxylic acids is 1. The van der Waals surface area contributed by atoms with Gasteiger partial charge in [0.2, 0.25) is 0 Å². The van der Waals surface area contributed by atoms with Crippen LogP contribution in [0.15, 0.2) is 24.3 Å². The quantitative estimate of drug-likeness (QED) is 0.819. The van der Waals surface area contributed by atoms with E-state index in [2.05, 4.69) is 0 Å². The number of para-hydroxylation sites is 1. The summed E-state index contributed by atoms with van der Waals surface area (Å²) in [7, 11) is 0. The van der Waals surface area contributed by atoms with Crippen molar-refractivity contribution < 1.29 is 19.0 Å². The molecule has 1 aliphatic rings. The Bertz CT molecular complexity index is 524. The molecule has 0 bridgehead atoms. The normalized spacial score (nSPS) is 18.3. The number of carboxylic acid groups (broad SMARTS) is 1. The minimum atomic E-state index is -1.05. The summed E-state index contributed by atoms with van der Waals surface area (Å²) >= 11 is 0. The van der Waals surface area contributed by atoms with Crippen molar-refractivity contribution in [1.29, 1.82) is 0 Å². The smallest absolute Gasteiger partial charge is 0.328 e. The summed E-state index contributed by atoms with van der Waals surface area (Å²) in [5, 5.41) is 8.75. The third kappa shape index (κ3) is 4.04. The topological polar surface area (TPSA) is 49.8 Å². The van der Waals surface area contributed by atoms with E-state index in [4.69, 9.17) is 9.84 Å². The first-order chi connectivity index (χ1) is 10.1. The number of likely N-dealkylation sites (N-methyl/N-ethyl adjacent to an activating group) is 1. The van der Waals surface area contributed by atoms with E-state index >= 15 is 0 Å². The molecule has 2 rings (SSSR count). The van der Waals surface area contributed by atoms with Crippen LogP contribution in [0.3, 0.4) is 0 Å². The van der Waals surface area contributed by atoms with E-state index in [-0.39, 0.29) is 11.9 Å². The van der Waals surface area contributed by atoms with Crippen molar-refractivity contribution in [2.45, 2.75) is 25.9 Å². The van der Waals surface area contributed by atoms with E-state index in [9.17, 15) is 9.18 Å². The number of carbonyl (C=O) groups is 1. The summed E-state index contributed by atoms with van der Waals surface area (Å²) in [6.07, 6.45) is 4.58. The van der Waals surface area contributed by atoms with Gasteiger partial charge in [-0.3, -0.25) is 0 Å². The predicted molar refractivity (Wildman–Crippen MR) is 79.9 cm³/mol. The lowest BCUT2D eigenvalue weighted by Gasteiger charge is -2.28. The lowest BCUT2D eigenvalue weighted by Crippen LogP contribution is -2.33. The van der Waals surface area contributed by atoms with Gasteiger partial charge in [0.15, 0.2) is 0 Å². The zero-order chi connectivity index (χ0) is 15.2. The van der Waals surface area contributed by atoms with Crippen molar-refractivity contribution in [3.05, 3.63) is 35.7 Å². The van der Waals surface area contributed by atoms with Crippen LogP contribution in [0, 0.1) is 5.82 Å². The first-order valence-electron chi connectivity index (χ1n) is 7.18. The first-order valence-corrected chi connectivity index (χ1v) is 7.18. The number of anilines is 1. The summed E-state index contributed by atoms with van der Waals surface area (Å²) < 4.78 is 19.8. The van der Waals surface area contributed by atoms with Gasteiger partial charge in [-0.2, -0.15) is 0 Å². The summed E-state index contributed by atoms with van der Waals surface area (Å²) in [6.45, 7) is 3.96. The molecule has 1 fully saturated rings. The molecule has 0 radical (unpaired) electrons. The Morgan fingerprint density at radius 3 is 3.00 bits per heavy atom. The van der Waals surface area contributed by atoms with Crippen molar-refractivity contribution in [1.82, 2.24) is 0 Å². The van der Waals surface area contributed by atoms with Crippen LogP contribution in [0.1, 0.15) is 25.3 Å². The van der Waals surface area contributed by atoms with E-state index in [1.165, 1.54) is 12.1 Å². The molecule has 21 heavy (non-hydrogen) atoms. The van der Waals surface area contributed by atoms with Crippen LogP contribution in [-0.4, -0.2) is 36.9 Å². The van der Waals surface area contributed by atoms with Gasteiger partial charge in [-0.15, -0.1) is 0 Å². The van der Waals surface area contributed by atoms with Crippen molar-refractivity contribution in [2.24, 2.45) is 0 Å². The summed E-state index contributed by atoms with van der Waals surface area (Å²) in [5.41, 5.74) is 1.00. The lowest BCUT2D eigenvalue weighted by molar-refractivity contribution is -0.131. The summed E-state index contributed by atoms with van der Waals surface area (Å²) in [5.74, 6) is -1.39. The average Bonchev–Trinajstić information content (AvgIpc) is 2.96. The molecule has 1 aliphatic heterocycles. The van der Waals surface area contributed by atoms with Gasteiger partial charge in [0.05, 0.1) is 11.8 Å². The number of halogens is 1. The fourth-order valence-electron chi connectivity index (χ4n) is 2.57. The number of benzene rings is 1. The SMILES string of the molecule is CCN(CC1CCCO1)c1c(F)cccc1/C=C/C(=O)O. The average molecular weight is 293 g/mol. The van der Waals surface area contributed by atoms with E-state index in [1.54, 1.807) is 12.1 Å². The molecule has 1 N–H and O–H groups in total. The Labute approximate surface area is 123 Å². The van der Waals surface area contributed by atoms with Crippen LogP contribution in [0.4, 0.5) is 10.1 Å². The zero-order valence-corrected chi connectivity index (χ0v) is 12.1. The van der Waals surface area contributed by atoms with Crippen LogP contribution < -0.4 is 4.90 Å². The molecule has 0 aromatic heterocycles. The minimum Gasteiger partial charge on any atom is -0.478 e. The summed E-state index contributed by atoms with van der Waals surface area (Å²) in [6, 6.07) is 4.70. The van der Waals surface area contributed by atoms with Crippen LogP contribution in [0.2, 0.25) is 0 Å². The van der Waals surface area contributed by atoms with Crippen LogP contribution in [0.25, 0.3) is 6.08 Å². The number of ether oxygens (including phenoxy) is 1. The molecule has 0 amide bonds. The third-order valence-corrected chi connectivity index (χ3v) is 3.57. The van der Waals surface area contributed by atoms with E-state index in [1.807, 2.05) is 11.8 Å².